The zero-order valence-electron chi connectivity index (χ0n) is 18.6. The molecule has 170 valence electrons. The molecule has 1 aliphatic rings. The Hall–Kier alpha value is -3.13. The standard InChI is InChI=1S/C24H27NO6S/c1-5-29-21-14-17(10-11-20(21)31-16(2)3)15-22-23(26)25(24(27)32-22)12-13-30-19-9-7-6-8-18(19)28-4/h6-11,14-16H,5,12-13H2,1-4H3/b22-15-. The van der Waals surface area contributed by atoms with Crippen molar-refractivity contribution >= 4 is 29.0 Å². The van der Waals surface area contributed by atoms with Gasteiger partial charge in [0.05, 0.1) is 31.3 Å². The predicted molar refractivity (Wildman–Crippen MR) is 125 cm³/mol. The van der Waals surface area contributed by atoms with E-state index in [4.69, 9.17) is 18.9 Å². The number of nitrogens with zero attached hydrogens (tertiary/aromatic N) is 1. The summed E-state index contributed by atoms with van der Waals surface area (Å²) in [5.74, 6) is 2.05. The van der Waals surface area contributed by atoms with E-state index in [1.165, 1.54) is 4.90 Å². The second-order valence-corrected chi connectivity index (χ2v) is 8.13. The zero-order valence-corrected chi connectivity index (χ0v) is 19.4. The smallest absolute Gasteiger partial charge is 0.293 e. The molecule has 32 heavy (non-hydrogen) atoms. The van der Waals surface area contributed by atoms with E-state index in [2.05, 4.69) is 0 Å². The highest BCUT2D eigenvalue weighted by molar-refractivity contribution is 8.18. The number of benzene rings is 2. The van der Waals surface area contributed by atoms with Gasteiger partial charge in [0.15, 0.2) is 23.0 Å². The summed E-state index contributed by atoms with van der Waals surface area (Å²) in [6.45, 7) is 6.58. The van der Waals surface area contributed by atoms with Crippen LogP contribution in [0.4, 0.5) is 4.79 Å². The number of carbonyl (C=O) groups is 2. The fourth-order valence-corrected chi connectivity index (χ4v) is 3.93. The fraction of sp³-hybridized carbons (Fsp3) is 0.333. The van der Waals surface area contributed by atoms with Crippen LogP contribution in [0.5, 0.6) is 23.0 Å². The number of hydrogen-bond donors (Lipinski definition) is 0. The molecule has 1 aliphatic heterocycles. The van der Waals surface area contributed by atoms with Crippen molar-refractivity contribution in [1.82, 2.24) is 4.90 Å². The van der Waals surface area contributed by atoms with Gasteiger partial charge in [-0.05, 0) is 68.4 Å². The molecule has 0 radical (unpaired) electrons. The van der Waals surface area contributed by atoms with Gasteiger partial charge in [-0.3, -0.25) is 14.5 Å². The van der Waals surface area contributed by atoms with E-state index >= 15 is 0 Å². The summed E-state index contributed by atoms with van der Waals surface area (Å²) in [4.78, 5) is 26.7. The predicted octanol–water partition coefficient (Wildman–Crippen LogP) is 5.00. The van der Waals surface area contributed by atoms with Crippen LogP contribution >= 0.6 is 11.8 Å². The summed E-state index contributed by atoms with van der Waals surface area (Å²) in [6, 6.07) is 12.7. The number of hydrogen-bond acceptors (Lipinski definition) is 7. The van der Waals surface area contributed by atoms with E-state index in [0.717, 1.165) is 17.3 Å². The third kappa shape index (κ3) is 5.76. The highest BCUT2D eigenvalue weighted by Crippen LogP contribution is 2.35. The Morgan fingerprint density at radius 3 is 2.44 bits per heavy atom. The molecule has 2 amide bonds. The summed E-state index contributed by atoms with van der Waals surface area (Å²) >= 11 is 0.911. The average Bonchev–Trinajstić information content (AvgIpc) is 3.03. The number of amides is 2. The molecule has 3 rings (SSSR count). The largest absolute Gasteiger partial charge is 0.493 e. The van der Waals surface area contributed by atoms with Crippen molar-refractivity contribution in [3.63, 3.8) is 0 Å². The van der Waals surface area contributed by atoms with Crippen molar-refractivity contribution < 1.29 is 28.5 Å². The molecule has 0 aromatic heterocycles. The van der Waals surface area contributed by atoms with Gasteiger partial charge in [-0.25, -0.2) is 0 Å². The molecule has 8 heteroatoms. The maximum Gasteiger partial charge on any atom is 0.293 e. The van der Waals surface area contributed by atoms with Crippen LogP contribution in [0.3, 0.4) is 0 Å². The molecule has 1 saturated heterocycles. The van der Waals surface area contributed by atoms with Crippen molar-refractivity contribution in [3.05, 3.63) is 52.9 Å². The van der Waals surface area contributed by atoms with Crippen molar-refractivity contribution in [2.75, 3.05) is 26.9 Å². The summed E-state index contributed by atoms with van der Waals surface area (Å²) in [7, 11) is 1.56. The number of ether oxygens (including phenoxy) is 4. The molecule has 1 heterocycles. The van der Waals surface area contributed by atoms with Crippen molar-refractivity contribution in [3.8, 4) is 23.0 Å². The number of para-hydroxylation sites is 2. The first-order valence-electron chi connectivity index (χ1n) is 10.4. The van der Waals surface area contributed by atoms with Gasteiger partial charge in [0.1, 0.15) is 6.61 Å². The number of carbonyl (C=O) groups excluding carboxylic acids is 2. The van der Waals surface area contributed by atoms with Gasteiger partial charge in [-0.2, -0.15) is 0 Å². The van der Waals surface area contributed by atoms with Gasteiger partial charge < -0.3 is 18.9 Å². The van der Waals surface area contributed by atoms with Crippen molar-refractivity contribution in [2.45, 2.75) is 26.9 Å². The summed E-state index contributed by atoms with van der Waals surface area (Å²) in [6.07, 6.45) is 1.70. The first-order valence-corrected chi connectivity index (χ1v) is 11.2. The lowest BCUT2D eigenvalue weighted by Gasteiger charge is -2.15. The van der Waals surface area contributed by atoms with Gasteiger partial charge in [0.25, 0.3) is 11.1 Å². The normalized spacial score (nSPS) is 14.9. The summed E-state index contributed by atoms with van der Waals surface area (Å²) in [5.41, 5.74) is 0.750. The molecule has 0 bridgehead atoms. The van der Waals surface area contributed by atoms with E-state index in [1.54, 1.807) is 31.4 Å². The Morgan fingerprint density at radius 2 is 1.75 bits per heavy atom. The number of imide groups is 1. The van der Waals surface area contributed by atoms with Crippen LogP contribution in [0.25, 0.3) is 6.08 Å². The van der Waals surface area contributed by atoms with Gasteiger partial charge in [-0.15, -0.1) is 0 Å². The van der Waals surface area contributed by atoms with Crippen LogP contribution in [0.1, 0.15) is 26.3 Å². The van der Waals surface area contributed by atoms with Gasteiger partial charge in [-0.1, -0.05) is 18.2 Å². The van der Waals surface area contributed by atoms with E-state index in [9.17, 15) is 9.59 Å². The Balaban J connectivity index is 1.69. The first-order chi connectivity index (χ1) is 15.4. The number of methoxy groups -OCH3 is 1. The van der Waals surface area contributed by atoms with Crippen LogP contribution in [-0.2, 0) is 4.79 Å². The number of rotatable bonds is 10. The lowest BCUT2D eigenvalue weighted by atomic mass is 10.2. The molecule has 0 aliphatic carbocycles. The highest BCUT2D eigenvalue weighted by atomic mass is 32.2. The van der Waals surface area contributed by atoms with E-state index in [1.807, 2.05) is 45.0 Å². The molecule has 1 fully saturated rings. The van der Waals surface area contributed by atoms with Gasteiger partial charge >= 0.3 is 0 Å². The van der Waals surface area contributed by atoms with Crippen LogP contribution in [0.2, 0.25) is 0 Å². The van der Waals surface area contributed by atoms with Crippen LogP contribution < -0.4 is 18.9 Å². The second-order valence-electron chi connectivity index (χ2n) is 7.14. The molecule has 2 aromatic carbocycles. The van der Waals surface area contributed by atoms with E-state index in [-0.39, 0.29) is 30.4 Å². The Labute approximate surface area is 192 Å². The third-order valence-electron chi connectivity index (χ3n) is 4.44. The van der Waals surface area contributed by atoms with Gasteiger partial charge in [0, 0.05) is 0 Å². The van der Waals surface area contributed by atoms with Crippen LogP contribution in [-0.4, -0.2) is 49.0 Å². The lowest BCUT2D eigenvalue weighted by Crippen LogP contribution is -2.32. The first kappa shape index (κ1) is 23.5. The minimum Gasteiger partial charge on any atom is -0.493 e. The average molecular weight is 458 g/mol. The molecule has 0 N–H and O–H groups in total. The number of thioether (sulfide) groups is 1. The summed E-state index contributed by atoms with van der Waals surface area (Å²) in [5, 5.41) is -0.324. The Bertz CT molecular complexity index is 1000. The van der Waals surface area contributed by atoms with Crippen LogP contribution in [0, 0.1) is 0 Å². The lowest BCUT2D eigenvalue weighted by molar-refractivity contribution is -0.123. The topological polar surface area (TPSA) is 74.3 Å². The summed E-state index contributed by atoms with van der Waals surface area (Å²) < 4.78 is 22.4. The monoisotopic (exact) mass is 457 g/mol. The highest BCUT2D eigenvalue weighted by Gasteiger charge is 2.34. The molecular formula is C24H27NO6S. The Morgan fingerprint density at radius 1 is 1.00 bits per heavy atom. The minimum atomic E-state index is -0.343. The van der Waals surface area contributed by atoms with Crippen molar-refractivity contribution in [2.24, 2.45) is 0 Å². The molecule has 0 spiro atoms. The Kier molecular flexibility index (Phi) is 8.05. The van der Waals surface area contributed by atoms with E-state index < -0.39 is 0 Å². The van der Waals surface area contributed by atoms with Crippen LogP contribution in [0.15, 0.2) is 47.4 Å². The molecule has 0 atom stereocenters. The maximum absolute atomic E-state index is 12.8. The second kappa shape index (κ2) is 10.9. The third-order valence-corrected chi connectivity index (χ3v) is 5.35. The minimum absolute atomic E-state index is 0.00892. The SMILES string of the molecule is CCOc1cc(/C=C2\SC(=O)N(CCOc3ccccc3OC)C2=O)ccc1OC(C)C. The van der Waals surface area contributed by atoms with Crippen molar-refractivity contribution in [1.29, 1.82) is 0 Å². The molecule has 7 nitrogen and oxygen atoms in total. The fourth-order valence-electron chi connectivity index (χ4n) is 3.06. The van der Waals surface area contributed by atoms with Gasteiger partial charge in [0.2, 0.25) is 0 Å². The molecular weight excluding hydrogens is 430 g/mol. The molecule has 0 saturated carbocycles. The maximum atomic E-state index is 12.8. The molecule has 2 aromatic rings. The quantitative estimate of drug-likeness (QED) is 0.465. The van der Waals surface area contributed by atoms with E-state index in [0.29, 0.717) is 34.5 Å². The molecule has 0 unspecified atom stereocenters. The zero-order chi connectivity index (χ0) is 23.1.